The summed E-state index contributed by atoms with van der Waals surface area (Å²) in [6, 6.07) is 13.5. The van der Waals surface area contributed by atoms with Crippen LogP contribution in [-0.2, 0) is 11.3 Å². The number of tetrazole rings is 1. The fraction of sp³-hybridized carbons (Fsp3) is 0.364. The highest BCUT2D eigenvalue weighted by Crippen LogP contribution is 2.32. The Bertz CT molecular complexity index is 1030. The molecule has 2 heterocycles. The van der Waals surface area contributed by atoms with Crippen LogP contribution < -0.4 is 14.8 Å². The van der Waals surface area contributed by atoms with Crippen molar-refractivity contribution in [3.63, 3.8) is 0 Å². The SMILES string of the molecule is CC(C)c1ccc(-c2nnn(CC(=O)NC(C)c3ccc4c(c3)OCCO4)n2)cc1. The van der Waals surface area contributed by atoms with E-state index in [1.807, 2.05) is 37.3 Å². The first-order chi connectivity index (χ1) is 14.5. The van der Waals surface area contributed by atoms with Gasteiger partial charge in [-0.3, -0.25) is 4.79 Å². The van der Waals surface area contributed by atoms with Crippen molar-refractivity contribution >= 4 is 5.91 Å². The first kappa shape index (κ1) is 19.9. The van der Waals surface area contributed by atoms with Gasteiger partial charge in [0.2, 0.25) is 11.7 Å². The average Bonchev–Trinajstić information content (AvgIpc) is 3.21. The summed E-state index contributed by atoms with van der Waals surface area (Å²) in [5.41, 5.74) is 3.06. The lowest BCUT2D eigenvalue weighted by Gasteiger charge is -2.21. The molecular weight excluding hydrogens is 382 g/mol. The zero-order chi connectivity index (χ0) is 21.1. The molecule has 1 N–H and O–H groups in total. The van der Waals surface area contributed by atoms with Gasteiger partial charge in [0.15, 0.2) is 11.5 Å². The molecule has 0 bridgehead atoms. The van der Waals surface area contributed by atoms with Crippen molar-refractivity contribution in [2.45, 2.75) is 39.3 Å². The molecule has 2 aromatic carbocycles. The average molecular weight is 407 g/mol. The van der Waals surface area contributed by atoms with E-state index in [9.17, 15) is 4.79 Å². The molecule has 1 aliphatic rings. The third kappa shape index (κ3) is 4.42. The minimum absolute atomic E-state index is 0.00797. The number of rotatable bonds is 6. The molecule has 0 aliphatic carbocycles. The highest BCUT2D eigenvalue weighted by atomic mass is 16.6. The lowest BCUT2D eigenvalue weighted by Crippen LogP contribution is -2.31. The van der Waals surface area contributed by atoms with E-state index in [1.54, 1.807) is 0 Å². The van der Waals surface area contributed by atoms with Crippen molar-refractivity contribution in [3.8, 4) is 22.9 Å². The molecule has 8 heteroatoms. The number of hydrogen-bond donors (Lipinski definition) is 1. The minimum Gasteiger partial charge on any atom is -0.486 e. The van der Waals surface area contributed by atoms with Gasteiger partial charge in [0.05, 0.1) is 6.04 Å². The highest BCUT2D eigenvalue weighted by molar-refractivity contribution is 5.76. The Labute approximate surface area is 175 Å². The Hall–Kier alpha value is -3.42. The van der Waals surface area contributed by atoms with Gasteiger partial charge in [-0.2, -0.15) is 4.80 Å². The number of nitrogens with one attached hydrogen (secondary N) is 1. The number of carbonyl (C=O) groups is 1. The Kier molecular flexibility index (Phi) is 5.65. The first-order valence-corrected chi connectivity index (χ1v) is 10.1. The molecule has 1 atom stereocenters. The quantitative estimate of drug-likeness (QED) is 0.675. The molecule has 0 saturated heterocycles. The van der Waals surface area contributed by atoms with Gasteiger partial charge in [0, 0.05) is 5.56 Å². The second-order valence-corrected chi connectivity index (χ2v) is 7.61. The maximum Gasteiger partial charge on any atom is 0.244 e. The van der Waals surface area contributed by atoms with Crippen LogP contribution in [0.2, 0.25) is 0 Å². The van der Waals surface area contributed by atoms with Gasteiger partial charge < -0.3 is 14.8 Å². The molecule has 1 aliphatic heterocycles. The second-order valence-electron chi connectivity index (χ2n) is 7.61. The Morgan fingerprint density at radius 2 is 1.73 bits per heavy atom. The van der Waals surface area contributed by atoms with E-state index in [1.165, 1.54) is 10.4 Å². The Morgan fingerprint density at radius 3 is 2.47 bits per heavy atom. The summed E-state index contributed by atoms with van der Waals surface area (Å²) in [6.07, 6.45) is 0. The van der Waals surface area contributed by atoms with Crippen LogP contribution in [0.4, 0.5) is 0 Å². The maximum atomic E-state index is 12.5. The zero-order valence-electron chi connectivity index (χ0n) is 17.3. The second kappa shape index (κ2) is 8.52. The van der Waals surface area contributed by atoms with Crippen LogP contribution >= 0.6 is 0 Å². The van der Waals surface area contributed by atoms with Crippen LogP contribution in [0, 0.1) is 0 Å². The van der Waals surface area contributed by atoms with Crippen molar-refractivity contribution in [2.75, 3.05) is 13.2 Å². The van der Waals surface area contributed by atoms with Crippen LogP contribution in [-0.4, -0.2) is 39.3 Å². The number of aromatic nitrogens is 4. The molecule has 0 fully saturated rings. The summed E-state index contributed by atoms with van der Waals surface area (Å²) in [5, 5.41) is 15.4. The summed E-state index contributed by atoms with van der Waals surface area (Å²) in [7, 11) is 0. The molecule has 3 aromatic rings. The van der Waals surface area contributed by atoms with Gasteiger partial charge in [-0.25, -0.2) is 0 Å². The number of benzene rings is 2. The standard InChI is InChI=1S/C22H25N5O3/c1-14(2)16-4-6-17(7-5-16)22-24-26-27(25-22)13-21(28)23-15(3)18-8-9-19-20(12-18)30-11-10-29-19/h4-9,12,14-15H,10-11,13H2,1-3H3,(H,23,28). The van der Waals surface area contributed by atoms with E-state index in [0.717, 1.165) is 16.9 Å². The van der Waals surface area contributed by atoms with Gasteiger partial charge in [0.1, 0.15) is 19.8 Å². The number of amides is 1. The largest absolute Gasteiger partial charge is 0.486 e. The molecule has 1 aromatic heterocycles. The summed E-state index contributed by atoms with van der Waals surface area (Å²) >= 11 is 0. The highest BCUT2D eigenvalue weighted by Gasteiger charge is 2.17. The van der Waals surface area contributed by atoms with E-state index in [4.69, 9.17) is 9.47 Å². The van der Waals surface area contributed by atoms with Crippen LogP contribution in [0.1, 0.15) is 43.9 Å². The summed E-state index contributed by atoms with van der Waals surface area (Å²) in [4.78, 5) is 13.8. The molecule has 8 nitrogen and oxygen atoms in total. The Morgan fingerprint density at radius 1 is 1.03 bits per heavy atom. The van der Waals surface area contributed by atoms with Crippen molar-refractivity contribution in [1.82, 2.24) is 25.5 Å². The molecule has 30 heavy (non-hydrogen) atoms. The monoisotopic (exact) mass is 407 g/mol. The van der Waals surface area contributed by atoms with Crippen LogP contribution in [0.5, 0.6) is 11.5 Å². The Balaban J connectivity index is 1.37. The van der Waals surface area contributed by atoms with Crippen LogP contribution in [0.15, 0.2) is 42.5 Å². The molecule has 4 rings (SSSR count). The minimum atomic E-state index is -0.198. The predicted octanol–water partition coefficient (Wildman–Crippen LogP) is 3.11. The van der Waals surface area contributed by atoms with E-state index >= 15 is 0 Å². The van der Waals surface area contributed by atoms with Crippen molar-refractivity contribution < 1.29 is 14.3 Å². The van der Waals surface area contributed by atoms with E-state index in [-0.39, 0.29) is 18.5 Å². The van der Waals surface area contributed by atoms with Crippen molar-refractivity contribution in [3.05, 3.63) is 53.6 Å². The normalized spacial score (nSPS) is 13.9. The first-order valence-electron chi connectivity index (χ1n) is 10.1. The molecular formula is C22H25N5O3. The van der Waals surface area contributed by atoms with E-state index in [0.29, 0.717) is 30.7 Å². The zero-order valence-corrected chi connectivity index (χ0v) is 17.3. The van der Waals surface area contributed by atoms with Gasteiger partial charge in [0.25, 0.3) is 0 Å². The number of carbonyl (C=O) groups excluding carboxylic acids is 1. The van der Waals surface area contributed by atoms with Gasteiger partial charge in [-0.05, 0) is 41.3 Å². The molecule has 156 valence electrons. The van der Waals surface area contributed by atoms with Gasteiger partial charge in [-0.15, -0.1) is 10.2 Å². The number of fused-ring (bicyclic) bond motifs is 1. The molecule has 1 unspecified atom stereocenters. The molecule has 0 spiro atoms. The number of ether oxygens (including phenoxy) is 2. The third-order valence-corrected chi connectivity index (χ3v) is 5.02. The number of hydrogen-bond acceptors (Lipinski definition) is 6. The lowest BCUT2D eigenvalue weighted by molar-refractivity contribution is -0.122. The summed E-state index contributed by atoms with van der Waals surface area (Å²) in [6.45, 7) is 7.28. The smallest absolute Gasteiger partial charge is 0.244 e. The third-order valence-electron chi connectivity index (χ3n) is 5.02. The lowest BCUT2D eigenvalue weighted by atomic mass is 10.0. The maximum absolute atomic E-state index is 12.5. The van der Waals surface area contributed by atoms with Crippen LogP contribution in [0.3, 0.4) is 0 Å². The van der Waals surface area contributed by atoms with Gasteiger partial charge in [-0.1, -0.05) is 44.2 Å². The van der Waals surface area contributed by atoms with E-state index < -0.39 is 0 Å². The fourth-order valence-corrected chi connectivity index (χ4v) is 3.27. The predicted molar refractivity (Wildman–Crippen MR) is 111 cm³/mol. The van der Waals surface area contributed by atoms with Crippen LogP contribution in [0.25, 0.3) is 11.4 Å². The molecule has 1 amide bonds. The van der Waals surface area contributed by atoms with E-state index in [2.05, 4.69) is 46.7 Å². The number of nitrogens with zero attached hydrogens (tertiary/aromatic N) is 4. The summed E-state index contributed by atoms with van der Waals surface area (Å²) < 4.78 is 11.1. The van der Waals surface area contributed by atoms with Gasteiger partial charge >= 0.3 is 0 Å². The van der Waals surface area contributed by atoms with Crippen molar-refractivity contribution in [2.24, 2.45) is 0 Å². The van der Waals surface area contributed by atoms with Crippen molar-refractivity contribution in [1.29, 1.82) is 0 Å². The molecule has 0 saturated carbocycles. The summed E-state index contributed by atoms with van der Waals surface area (Å²) in [5.74, 6) is 2.19. The fourth-order valence-electron chi connectivity index (χ4n) is 3.27. The molecule has 0 radical (unpaired) electrons. The topological polar surface area (TPSA) is 91.2 Å².